The van der Waals surface area contributed by atoms with Crippen molar-refractivity contribution < 1.29 is 52.0 Å². The first-order valence-corrected chi connectivity index (χ1v) is 25.9. The van der Waals surface area contributed by atoms with E-state index in [0.717, 1.165) is 38.5 Å². The van der Waals surface area contributed by atoms with Crippen molar-refractivity contribution in [2.75, 3.05) is 47.5 Å². The minimum Gasteiger partial charge on any atom is -0.462 e. The molecule has 62 heavy (non-hydrogen) atoms. The normalized spacial score (nSPS) is 17.7. The number of hydrogen-bond acceptors (Lipinski definition) is 9. The lowest BCUT2D eigenvalue weighted by atomic mass is 9.90. The van der Waals surface area contributed by atoms with Gasteiger partial charge in [0.15, 0.2) is 11.9 Å². The van der Waals surface area contributed by atoms with Gasteiger partial charge in [-0.25, -0.2) is 4.57 Å². The van der Waals surface area contributed by atoms with Crippen molar-refractivity contribution in [3.05, 3.63) is 48.6 Å². The number of nitrogens with zero attached hydrogens (tertiary/aromatic N) is 1. The number of allylic oxidation sites excluding steroid dienone is 7. The number of ether oxygens (including phenoxy) is 2. The van der Waals surface area contributed by atoms with Gasteiger partial charge >= 0.3 is 19.8 Å². The number of unbranched alkanes of at least 4 members (excludes halogenated alkanes) is 18. The second-order valence-corrected chi connectivity index (χ2v) is 19.6. The van der Waals surface area contributed by atoms with E-state index in [0.29, 0.717) is 43.1 Å². The van der Waals surface area contributed by atoms with E-state index >= 15 is 0 Å². The Labute approximate surface area is 377 Å². The van der Waals surface area contributed by atoms with Gasteiger partial charge < -0.3 is 24.0 Å². The van der Waals surface area contributed by atoms with Gasteiger partial charge in [0.25, 0.3) is 0 Å². The Balaban J connectivity index is 2.40. The number of quaternary nitrogens is 1. The smallest absolute Gasteiger partial charge is 0.462 e. The van der Waals surface area contributed by atoms with E-state index in [1.165, 1.54) is 83.5 Å². The molecule has 0 saturated carbocycles. The Bertz CT molecular complexity index is 1340. The molecule has 0 spiro atoms. The van der Waals surface area contributed by atoms with E-state index in [1.54, 1.807) is 12.2 Å². The van der Waals surface area contributed by atoms with Crippen LogP contribution in [-0.4, -0.2) is 91.9 Å². The Morgan fingerprint density at radius 2 is 1.27 bits per heavy atom. The van der Waals surface area contributed by atoms with E-state index in [4.69, 9.17) is 18.5 Å². The van der Waals surface area contributed by atoms with Crippen molar-refractivity contribution in [3.8, 4) is 0 Å². The van der Waals surface area contributed by atoms with Gasteiger partial charge in [0.2, 0.25) is 0 Å². The first-order chi connectivity index (χ1) is 29.8. The molecule has 12 heteroatoms. The number of hydrogen-bond donors (Lipinski definition) is 2. The number of carbonyl (C=O) groups excluding carboxylic acids is 3. The third-order valence-corrected chi connectivity index (χ3v) is 12.1. The molecular weight excluding hydrogens is 806 g/mol. The highest BCUT2D eigenvalue weighted by atomic mass is 31.2. The second kappa shape index (κ2) is 36.9. The highest BCUT2D eigenvalue weighted by Gasteiger charge is 2.28. The predicted octanol–water partition coefficient (Wildman–Crippen LogP) is 11.9. The number of ketones is 1. The topological polar surface area (TPSA) is 146 Å². The summed E-state index contributed by atoms with van der Waals surface area (Å²) in [5.41, 5.74) is 0. The quantitative estimate of drug-likeness (QED) is 0.0200. The van der Waals surface area contributed by atoms with Gasteiger partial charge in [-0.1, -0.05) is 153 Å². The molecule has 5 atom stereocenters. The van der Waals surface area contributed by atoms with Crippen LogP contribution in [0.3, 0.4) is 0 Å². The molecule has 1 rings (SSSR count). The highest BCUT2D eigenvalue weighted by Crippen LogP contribution is 2.43. The fraction of sp³-hybridized carbons (Fsp3) is 0.780. The van der Waals surface area contributed by atoms with Crippen molar-refractivity contribution in [1.29, 1.82) is 0 Å². The largest absolute Gasteiger partial charge is 0.472 e. The lowest BCUT2D eigenvalue weighted by molar-refractivity contribution is -0.870. The molecule has 1 aliphatic rings. The lowest BCUT2D eigenvalue weighted by Gasteiger charge is -2.24. The lowest BCUT2D eigenvalue weighted by Crippen LogP contribution is -2.37. The molecule has 0 saturated heterocycles. The molecule has 0 amide bonds. The van der Waals surface area contributed by atoms with Crippen molar-refractivity contribution in [2.45, 2.75) is 193 Å². The molecule has 0 aromatic rings. The summed E-state index contributed by atoms with van der Waals surface area (Å²) in [7, 11) is 1.35. The van der Waals surface area contributed by atoms with Crippen LogP contribution in [0.4, 0.5) is 0 Å². The average molecular weight is 895 g/mol. The molecule has 0 bridgehead atoms. The van der Waals surface area contributed by atoms with E-state index in [1.807, 2.05) is 45.4 Å². The summed E-state index contributed by atoms with van der Waals surface area (Å²) in [6.45, 7) is 4.09. The van der Waals surface area contributed by atoms with Crippen LogP contribution >= 0.6 is 7.82 Å². The van der Waals surface area contributed by atoms with Crippen LogP contribution < -0.4 is 0 Å². The maximum Gasteiger partial charge on any atom is 0.472 e. The van der Waals surface area contributed by atoms with E-state index < -0.39 is 38.6 Å². The van der Waals surface area contributed by atoms with Crippen LogP contribution in [0.25, 0.3) is 0 Å². The number of esters is 2. The van der Waals surface area contributed by atoms with E-state index in [9.17, 15) is 28.9 Å². The Morgan fingerprint density at radius 1 is 0.726 bits per heavy atom. The van der Waals surface area contributed by atoms with Crippen LogP contribution in [0.1, 0.15) is 181 Å². The molecule has 0 aliphatic heterocycles. The van der Waals surface area contributed by atoms with Crippen molar-refractivity contribution in [3.63, 3.8) is 0 Å². The molecule has 0 aromatic carbocycles. The molecule has 1 unspecified atom stereocenters. The number of phosphoric acid groups is 1. The summed E-state index contributed by atoms with van der Waals surface area (Å²) in [4.78, 5) is 48.1. The molecule has 0 aromatic heterocycles. The van der Waals surface area contributed by atoms with E-state index in [2.05, 4.69) is 26.0 Å². The molecule has 2 N–H and O–H groups in total. The number of aliphatic hydroxyl groups is 1. The van der Waals surface area contributed by atoms with E-state index in [-0.39, 0.29) is 43.7 Å². The zero-order chi connectivity index (χ0) is 45.7. The highest BCUT2D eigenvalue weighted by molar-refractivity contribution is 7.47. The summed E-state index contributed by atoms with van der Waals surface area (Å²) in [6.07, 6.45) is 40.7. The van der Waals surface area contributed by atoms with Crippen LogP contribution in [0.15, 0.2) is 48.6 Å². The predicted molar refractivity (Wildman–Crippen MR) is 251 cm³/mol. The fourth-order valence-corrected chi connectivity index (χ4v) is 7.86. The fourth-order valence-electron chi connectivity index (χ4n) is 7.12. The number of phosphoric ester groups is 1. The maximum absolute atomic E-state index is 12.8. The van der Waals surface area contributed by atoms with Gasteiger partial charge in [0, 0.05) is 18.8 Å². The Kier molecular flexibility index (Phi) is 34.3. The zero-order valence-electron chi connectivity index (χ0n) is 39.7. The van der Waals surface area contributed by atoms with Crippen molar-refractivity contribution >= 4 is 25.5 Å². The SMILES string of the molecule is CCCCCCCC/C=C\CCCCCCCCCCCC(=O)OC[C@H](COP(=O)(O)OCC[N+](C)(C)C)OC(=O)CCC/C=C\C[C@H]1C=CC(=O)[C@@H]1/C=C/[C@@H](O)CCCCC. The molecule has 1 aliphatic carbocycles. The van der Waals surface area contributed by atoms with Gasteiger partial charge in [0.1, 0.15) is 19.8 Å². The monoisotopic (exact) mass is 895 g/mol. The second-order valence-electron chi connectivity index (χ2n) is 18.2. The summed E-state index contributed by atoms with van der Waals surface area (Å²) in [5.74, 6) is -1.17. The van der Waals surface area contributed by atoms with Crippen LogP contribution in [-0.2, 0) is 37.5 Å². The van der Waals surface area contributed by atoms with Gasteiger partial charge in [0.05, 0.1) is 33.9 Å². The molecule has 358 valence electrons. The maximum atomic E-state index is 12.8. The molecule has 0 fully saturated rings. The zero-order valence-corrected chi connectivity index (χ0v) is 40.6. The third-order valence-electron chi connectivity index (χ3n) is 11.1. The number of aliphatic hydroxyl groups excluding tert-OH is 1. The van der Waals surface area contributed by atoms with Gasteiger partial charge in [-0.05, 0) is 69.8 Å². The molecule has 11 nitrogen and oxygen atoms in total. The van der Waals surface area contributed by atoms with Gasteiger partial charge in [-0.15, -0.1) is 0 Å². The molecule has 0 radical (unpaired) electrons. The van der Waals surface area contributed by atoms with Crippen LogP contribution in [0.5, 0.6) is 0 Å². The third kappa shape index (κ3) is 34.1. The summed E-state index contributed by atoms with van der Waals surface area (Å²) >= 11 is 0. The van der Waals surface area contributed by atoms with Crippen molar-refractivity contribution in [2.24, 2.45) is 11.8 Å². The summed E-state index contributed by atoms with van der Waals surface area (Å²) in [5, 5.41) is 10.2. The van der Waals surface area contributed by atoms with Gasteiger partial charge in [-0.2, -0.15) is 0 Å². The van der Waals surface area contributed by atoms with Gasteiger partial charge in [-0.3, -0.25) is 23.4 Å². The first kappa shape index (κ1) is 57.6. The Hall–Kier alpha value is -2.40. The molecular formula is C50H89NO10P+. The Morgan fingerprint density at radius 3 is 1.90 bits per heavy atom. The van der Waals surface area contributed by atoms with Crippen LogP contribution in [0, 0.1) is 11.8 Å². The first-order valence-electron chi connectivity index (χ1n) is 24.4. The summed E-state index contributed by atoms with van der Waals surface area (Å²) in [6, 6.07) is 0. The molecule has 0 heterocycles. The average Bonchev–Trinajstić information content (AvgIpc) is 3.57. The minimum absolute atomic E-state index is 0.00552. The van der Waals surface area contributed by atoms with Crippen molar-refractivity contribution in [1.82, 2.24) is 0 Å². The summed E-state index contributed by atoms with van der Waals surface area (Å²) < 4.78 is 34.3. The van der Waals surface area contributed by atoms with Crippen LogP contribution in [0.2, 0.25) is 0 Å². The standard InChI is InChI=1S/C50H88NO10P/c1-6-8-10-11-12-13-14-15-16-17-18-19-20-21-22-23-24-25-30-34-49(54)58-42-46(43-60-62(56,57)59-41-40-51(3,4)5)61-50(55)35-31-27-26-29-32-44-36-39-48(53)47(44)38-37-45(52)33-28-9-7-2/h15-16,26,29,36-39,44-47,52H,6-14,17-25,27-28,30-35,40-43H2,1-5H3/p+1/b16-15-,29-26-,38-37+/t44-,45-,46+,47+/m0/s1. The minimum atomic E-state index is -4.44. The number of likely N-dealkylation sites (N-methyl/N-ethyl adjacent to an activating group) is 1. The number of rotatable bonds is 41. The number of carbonyl (C=O) groups is 3.